The molecule has 66 heavy (non-hydrogen) atoms. The first-order valence-corrected chi connectivity index (χ1v) is 26.3. The molecule has 6 fully saturated rings. The molecule has 10 heteroatoms. The molecule has 2 amide bonds. The third kappa shape index (κ3) is 7.45. The molecule has 0 radical (unpaired) electrons. The molecule has 1 N–H and O–H groups in total. The van der Waals surface area contributed by atoms with Crippen molar-refractivity contribution in [2.45, 2.75) is 178 Å². The molecule has 6 aliphatic carbocycles. The number of aromatic nitrogens is 3. The molecule has 1 saturated heterocycles. The lowest BCUT2D eigenvalue weighted by atomic mass is 9.33. The van der Waals surface area contributed by atoms with Crippen LogP contribution >= 0.6 is 0 Å². The molecule has 1 aromatic carbocycles. The number of urea groups is 1. The maximum atomic E-state index is 14.5. The summed E-state index contributed by atoms with van der Waals surface area (Å²) < 4.78 is 8.94. The number of ether oxygens (including phenoxy) is 1. The number of ketones is 1. The molecule has 10 atom stereocenters. The van der Waals surface area contributed by atoms with E-state index in [-0.39, 0.29) is 68.7 Å². The van der Waals surface area contributed by atoms with Gasteiger partial charge in [-0.05, 0) is 139 Å². The van der Waals surface area contributed by atoms with Gasteiger partial charge >= 0.3 is 12.0 Å². The normalized spacial score (nSPS) is 37.2. The predicted molar refractivity (Wildman–Crippen MR) is 261 cm³/mol. The number of fused-ring (bicyclic) bond motifs is 7. The van der Waals surface area contributed by atoms with Crippen LogP contribution in [0.4, 0.5) is 4.79 Å². The number of allylic oxidation sites excluding steroid dienone is 1. The van der Waals surface area contributed by atoms with Crippen LogP contribution in [0.5, 0.6) is 0 Å². The van der Waals surface area contributed by atoms with Crippen molar-refractivity contribution in [2.24, 2.45) is 62.6 Å². The molecule has 5 saturated carbocycles. The topological polar surface area (TPSA) is 110 Å². The van der Waals surface area contributed by atoms with Crippen LogP contribution in [0.3, 0.4) is 0 Å². The van der Waals surface area contributed by atoms with Crippen molar-refractivity contribution in [2.75, 3.05) is 32.7 Å². The van der Waals surface area contributed by atoms with Crippen LogP contribution in [0.25, 0.3) is 0 Å². The molecule has 0 bridgehead atoms. The molecule has 1 aromatic heterocycles. The quantitative estimate of drug-likeness (QED) is 0.237. The summed E-state index contributed by atoms with van der Waals surface area (Å²) in [6, 6.07) is 10.7. The van der Waals surface area contributed by atoms with E-state index in [4.69, 9.17) is 4.74 Å². The van der Waals surface area contributed by atoms with Crippen LogP contribution in [0.2, 0.25) is 0 Å². The van der Waals surface area contributed by atoms with E-state index in [1.165, 1.54) is 11.1 Å². The van der Waals surface area contributed by atoms with Crippen molar-refractivity contribution in [1.29, 1.82) is 0 Å². The van der Waals surface area contributed by atoms with Crippen LogP contribution < -0.4 is 5.32 Å². The zero-order valence-corrected chi connectivity index (χ0v) is 42.9. The largest absolute Gasteiger partial charge is 0.462 e. The van der Waals surface area contributed by atoms with E-state index < -0.39 is 5.54 Å². The van der Waals surface area contributed by atoms with E-state index >= 15 is 0 Å². The van der Waals surface area contributed by atoms with E-state index in [1.807, 2.05) is 11.8 Å². The smallest absolute Gasteiger partial charge is 0.318 e. The minimum atomic E-state index is -0.612. The van der Waals surface area contributed by atoms with Crippen LogP contribution in [0.1, 0.15) is 163 Å². The summed E-state index contributed by atoms with van der Waals surface area (Å²) >= 11 is 0. The van der Waals surface area contributed by atoms with Gasteiger partial charge in [-0.3, -0.25) is 14.5 Å². The third-order valence-electron chi connectivity index (χ3n) is 20.8. The molecule has 10 nitrogen and oxygen atoms in total. The number of amides is 2. The van der Waals surface area contributed by atoms with Gasteiger partial charge in [0.15, 0.2) is 5.78 Å². The molecule has 7 aliphatic rings. The van der Waals surface area contributed by atoms with Crippen molar-refractivity contribution in [3.05, 3.63) is 58.7 Å². The van der Waals surface area contributed by atoms with Gasteiger partial charge in [-0.1, -0.05) is 106 Å². The first kappa shape index (κ1) is 47.5. The van der Waals surface area contributed by atoms with Gasteiger partial charge < -0.3 is 19.5 Å². The SMILES string of the molecule is Cc1nnc(C(C)C)n1CCN1CCN(C(=O)N[C@@]23CC[C@]4(C)[C@H](CC[C@@H]5[C@@]6(C)CC[C@H](OC(=O)[C@H]7C[C@@H](Cc8ccccc8)C7(C)C)C(C)(C)[C@@H]6CC[C@]54C)C2=C(C(C)C)C(=O)C3)CC1. The Balaban J connectivity index is 0.879. The summed E-state index contributed by atoms with van der Waals surface area (Å²) in [5, 5.41) is 12.4. The second-order valence-electron chi connectivity index (χ2n) is 25.2. The summed E-state index contributed by atoms with van der Waals surface area (Å²) in [5.41, 5.74) is 3.04. The van der Waals surface area contributed by atoms with Gasteiger partial charge in [-0.25, -0.2) is 4.79 Å². The number of benzene rings is 1. The Hall–Kier alpha value is -3.53. The van der Waals surface area contributed by atoms with E-state index in [9.17, 15) is 14.4 Å². The summed E-state index contributed by atoms with van der Waals surface area (Å²) in [6.07, 6.45) is 10.5. The fraction of sp³-hybridized carbons (Fsp3) is 0.768. The van der Waals surface area contributed by atoms with E-state index in [2.05, 4.69) is 131 Å². The second-order valence-corrected chi connectivity index (χ2v) is 25.2. The van der Waals surface area contributed by atoms with Crippen LogP contribution in [-0.4, -0.2) is 86.7 Å². The molecular formula is C56H84N6O4. The average molecular weight is 905 g/mol. The molecule has 0 unspecified atom stereocenters. The van der Waals surface area contributed by atoms with Crippen molar-refractivity contribution >= 4 is 17.8 Å². The lowest BCUT2D eigenvalue weighted by Gasteiger charge is -2.72. The summed E-state index contributed by atoms with van der Waals surface area (Å²) in [5.74, 6) is 4.36. The number of carbonyl (C=O) groups excluding carboxylic acids is 3. The highest BCUT2D eigenvalue weighted by Crippen LogP contribution is 2.76. The Morgan fingerprint density at radius 1 is 0.788 bits per heavy atom. The Bertz CT molecular complexity index is 2220. The first-order chi connectivity index (χ1) is 31.1. The Morgan fingerprint density at radius 3 is 2.17 bits per heavy atom. The Labute approximate surface area is 397 Å². The Kier molecular flexibility index (Phi) is 12.1. The van der Waals surface area contributed by atoms with Crippen molar-refractivity contribution in [3.63, 3.8) is 0 Å². The number of carbonyl (C=O) groups is 3. The zero-order valence-electron chi connectivity index (χ0n) is 42.9. The molecule has 2 heterocycles. The minimum Gasteiger partial charge on any atom is -0.462 e. The number of nitrogens with zero attached hydrogens (tertiary/aromatic N) is 5. The highest BCUT2D eigenvalue weighted by Gasteiger charge is 2.70. The average Bonchev–Trinajstić information content (AvgIpc) is 3.78. The van der Waals surface area contributed by atoms with Gasteiger partial charge in [0.1, 0.15) is 17.8 Å². The van der Waals surface area contributed by atoms with Gasteiger partial charge in [-0.15, -0.1) is 10.2 Å². The van der Waals surface area contributed by atoms with E-state index in [1.54, 1.807) is 0 Å². The number of piperazine rings is 1. The lowest BCUT2D eigenvalue weighted by molar-refractivity contribution is -0.235. The van der Waals surface area contributed by atoms with Gasteiger partial charge in [0, 0.05) is 57.0 Å². The number of rotatable bonds is 10. The van der Waals surface area contributed by atoms with Crippen LogP contribution in [0, 0.1) is 69.5 Å². The number of Topliss-reactive ketones (excluding diaryl/α,β-unsaturated/α-hetero) is 1. The van der Waals surface area contributed by atoms with Crippen LogP contribution in [0.15, 0.2) is 41.5 Å². The second kappa shape index (κ2) is 16.9. The first-order valence-electron chi connectivity index (χ1n) is 26.3. The van der Waals surface area contributed by atoms with E-state index in [0.717, 1.165) is 108 Å². The molecule has 9 rings (SSSR count). The maximum absolute atomic E-state index is 14.5. The van der Waals surface area contributed by atoms with Crippen LogP contribution in [-0.2, 0) is 27.3 Å². The number of nitrogens with one attached hydrogen (secondary N) is 1. The molecular weight excluding hydrogens is 821 g/mol. The molecule has 1 aliphatic heterocycles. The monoisotopic (exact) mass is 905 g/mol. The number of esters is 1. The standard InChI is InChI=1S/C56H84N6O4/c1-35(2)46-42(63)34-56(57-50(65)61-29-26-60(27-30-61)28-31-62-37(5)58-59-48(62)36(3)4)25-24-54(11)40(47(46)56)18-19-44-53(10)22-21-45(52(8,9)43(53)20-23-55(44,54)12)66-49(64)41-33-39(51(41,6)7)32-38-16-14-13-15-17-38/h13-17,35-36,39-41,43-45H,18-34H2,1-12H3,(H,57,65)/t39-,40-,41-,43+,44-,45+,53+,54-,55-,56-/m1/s1. The highest BCUT2D eigenvalue weighted by molar-refractivity contribution is 6.02. The number of hydrogen-bond donors (Lipinski definition) is 1. The molecule has 2 aromatic rings. The van der Waals surface area contributed by atoms with Gasteiger partial charge in [0.2, 0.25) is 0 Å². The lowest BCUT2D eigenvalue weighted by Crippen LogP contribution is -2.68. The fourth-order valence-corrected chi connectivity index (χ4v) is 16.6. The zero-order chi connectivity index (χ0) is 47.4. The summed E-state index contributed by atoms with van der Waals surface area (Å²) in [4.78, 5) is 47.4. The minimum absolute atomic E-state index is 0.00193. The fourth-order valence-electron chi connectivity index (χ4n) is 16.6. The van der Waals surface area contributed by atoms with Crippen molar-refractivity contribution in [1.82, 2.24) is 29.9 Å². The van der Waals surface area contributed by atoms with Gasteiger partial charge in [0.05, 0.1) is 11.5 Å². The number of hydrogen-bond acceptors (Lipinski definition) is 7. The van der Waals surface area contributed by atoms with Crippen molar-refractivity contribution in [3.8, 4) is 0 Å². The third-order valence-corrected chi connectivity index (χ3v) is 20.8. The van der Waals surface area contributed by atoms with Gasteiger partial charge in [0.25, 0.3) is 0 Å². The molecule has 0 spiro atoms. The van der Waals surface area contributed by atoms with E-state index in [0.29, 0.717) is 43.2 Å². The van der Waals surface area contributed by atoms with Crippen molar-refractivity contribution < 1.29 is 19.1 Å². The maximum Gasteiger partial charge on any atom is 0.318 e. The Morgan fingerprint density at radius 2 is 1.50 bits per heavy atom. The predicted octanol–water partition coefficient (Wildman–Crippen LogP) is 10.6. The summed E-state index contributed by atoms with van der Waals surface area (Å²) in [7, 11) is 0. The summed E-state index contributed by atoms with van der Waals surface area (Å²) in [6.45, 7) is 32.7. The number of aryl methyl sites for hydroxylation is 1. The highest BCUT2D eigenvalue weighted by atomic mass is 16.5. The molecule has 362 valence electrons. The van der Waals surface area contributed by atoms with Gasteiger partial charge in [-0.2, -0.15) is 0 Å².